The summed E-state index contributed by atoms with van der Waals surface area (Å²) in [5.41, 5.74) is 0.934. The van der Waals surface area contributed by atoms with Gasteiger partial charge >= 0.3 is 0 Å². The lowest BCUT2D eigenvalue weighted by Crippen LogP contribution is -2.25. The molecule has 0 aliphatic heterocycles. The van der Waals surface area contributed by atoms with Gasteiger partial charge in [-0.1, -0.05) is 6.07 Å². The van der Waals surface area contributed by atoms with Crippen LogP contribution in [0.25, 0.3) is 0 Å². The molecule has 2 rings (SSSR count). The van der Waals surface area contributed by atoms with E-state index in [1.807, 2.05) is 30.5 Å². The van der Waals surface area contributed by atoms with E-state index in [-0.39, 0.29) is 5.91 Å². The van der Waals surface area contributed by atoms with E-state index >= 15 is 0 Å². The van der Waals surface area contributed by atoms with E-state index in [9.17, 15) is 4.79 Å². The summed E-state index contributed by atoms with van der Waals surface area (Å²) in [5.74, 6) is 0.810. The van der Waals surface area contributed by atoms with Gasteiger partial charge in [0, 0.05) is 24.8 Å². The molecule has 100 valence electrons. The Hall–Kier alpha value is -1.95. The Labute approximate surface area is 116 Å². The van der Waals surface area contributed by atoms with Crippen LogP contribution in [0.1, 0.15) is 21.8 Å². The smallest absolute Gasteiger partial charge is 0.261 e. The number of carbonyl (C=O) groups excluding carboxylic acids is 1. The quantitative estimate of drug-likeness (QED) is 0.793. The summed E-state index contributed by atoms with van der Waals surface area (Å²) in [6.07, 6.45) is 2.39. The summed E-state index contributed by atoms with van der Waals surface area (Å²) in [6.45, 7) is 3.34. The summed E-state index contributed by atoms with van der Waals surface area (Å²) in [7, 11) is 0. The molecule has 0 fully saturated rings. The Morgan fingerprint density at radius 1 is 1.37 bits per heavy atom. The highest BCUT2D eigenvalue weighted by atomic mass is 32.1. The van der Waals surface area contributed by atoms with Crippen molar-refractivity contribution < 1.29 is 4.79 Å². The maximum Gasteiger partial charge on any atom is 0.261 e. The highest BCUT2D eigenvalue weighted by Gasteiger charge is 2.04. The van der Waals surface area contributed by atoms with Crippen molar-refractivity contribution in [1.82, 2.24) is 15.3 Å². The third-order valence-electron chi connectivity index (χ3n) is 2.49. The second-order valence-corrected chi connectivity index (χ2v) is 5.01. The zero-order valence-corrected chi connectivity index (χ0v) is 11.5. The van der Waals surface area contributed by atoms with Crippen LogP contribution in [0.2, 0.25) is 0 Å². The second-order valence-electron chi connectivity index (χ2n) is 4.06. The molecule has 6 heteroatoms. The van der Waals surface area contributed by atoms with Crippen LogP contribution in [0, 0.1) is 6.92 Å². The number of carbonyl (C=O) groups is 1. The molecular weight excluding hydrogens is 260 g/mol. The number of aryl methyl sites for hydroxylation is 1. The van der Waals surface area contributed by atoms with Crippen molar-refractivity contribution in [3.63, 3.8) is 0 Å². The van der Waals surface area contributed by atoms with E-state index in [2.05, 4.69) is 20.6 Å². The standard InChI is InChI=1S/C13H16N4OS/c1-10-8-12(17-9-16-10)14-5-3-6-15-13(18)11-4-2-7-19-11/h2,4,7-9H,3,5-6H2,1H3,(H,15,18)(H,14,16,17). The molecule has 0 bridgehead atoms. The van der Waals surface area contributed by atoms with E-state index in [4.69, 9.17) is 0 Å². The molecule has 0 saturated carbocycles. The first kappa shape index (κ1) is 13.5. The molecule has 5 nitrogen and oxygen atoms in total. The number of thiophene rings is 1. The van der Waals surface area contributed by atoms with Gasteiger partial charge in [-0.3, -0.25) is 4.79 Å². The van der Waals surface area contributed by atoms with Gasteiger partial charge in [0.25, 0.3) is 5.91 Å². The van der Waals surface area contributed by atoms with Gasteiger partial charge in [-0.15, -0.1) is 11.3 Å². The van der Waals surface area contributed by atoms with Crippen LogP contribution in [0.5, 0.6) is 0 Å². The van der Waals surface area contributed by atoms with Crippen LogP contribution in [0.15, 0.2) is 29.9 Å². The van der Waals surface area contributed by atoms with E-state index in [0.717, 1.165) is 29.4 Å². The maximum atomic E-state index is 11.6. The summed E-state index contributed by atoms with van der Waals surface area (Å²) < 4.78 is 0. The number of anilines is 1. The van der Waals surface area contributed by atoms with Gasteiger partial charge in [-0.2, -0.15) is 0 Å². The molecule has 0 aliphatic rings. The molecule has 0 atom stereocenters. The molecule has 0 radical (unpaired) electrons. The maximum absolute atomic E-state index is 11.6. The Kier molecular flexibility index (Phi) is 4.85. The van der Waals surface area contributed by atoms with Crippen molar-refractivity contribution in [2.24, 2.45) is 0 Å². The van der Waals surface area contributed by atoms with Gasteiger partial charge in [0.15, 0.2) is 0 Å². The normalized spacial score (nSPS) is 10.2. The fraction of sp³-hybridized carbons (Fsp3) is 0.308. The number of nitrogens with one attached hydrogen (secondary N) is 2. The van der Waals surface area contributed by atoms with Crippen molar-refractivity contribution in [1.29, 1.82) is 0 Å². The molecule has 2 N–H and O–H groups in total. The van der Waals surface area contributed by atoms with Crippen LogP contribution in [-0.4, -0.2) is 29.0 Å². The highest BCUT2D eigenvalue weighted by Crippen LogP contribution is 2.07. The van der Waals surface area contributed by atoms with E-state index < -0.39 is 0 Å². The summed E-state index contributed by atoms with van der Waals surface area (Å²) in [5, 5.41) is 7.97. The van der Waals surface area contributed by atoms with Gasteiger partial charge in [-0.25, -0.2) is 9.97 Å². The minimum Gasteiger partial charge on any atom is -0.370 e. The van der Waals surface area contributed by atoms with Gasteiger partial charge in [0.1, 0.15) is 12.1 Å². The predicted molar refractivity (Wildman–Crippen MR) is 76.5 cm³/mol. The summed E-state index contributed by atoms with van der Waals surface area (Å²) in [4.78, 5) is 20.5. The Bertz CT molecular complexity index is 527. The number of hydrogen-bond acceptors (Lipinski definition) is 5. The minimum absolute atomic E-state index is 0.00659. The Morgan fingerprint density at radius 3 is 3.00 bits per heavy atom. The number of rotatable bonds is 6. The average Bonchev–Trinajstić information content (AvgIpc) is 2.92. The van der Waals surface area contributed by atoms with Crippen LogP contribution >= 0.6 is 11.3 Å². The van der Waals surface area contributed by atoms with Crippen LogP contribution in [0.3, 0.4) is 0 Å². The zero-order valence-electron chi connectivity index (χ0n) is 10.7. The molecule has 0 saturated heterocycles. The van der Waals surface area contributed by atoms with E-state index in [1.165, 1.54) is 17.7 Å². The molecule has 2 aromatic rings. The first-order valence-electron chi connectivity index (χ1n) is 6.10. The SMILES string of the molecule is Cc1cc(NCCCNC(=O)c2cccs2)ncn1. The van der Waals surface area contributed by atoms with Crippen molar-refractivity contribution in [2.75, 3.05) is 18.4 Å². The first-order chi connectivity index (χ1) is 9.25. The molecule has 1 amide bonds. The fourth-order valence-electron chi connectivity index (χ4n) is 1.55. The summed E-state index contributed by atoms with van der Waals surface area (Å²) in [6, 6.07) is 5.59. The van der Waals surface area contributed by atoms with Crippen LogP contribution in [-0.2, 0) is 0 Å². The van der Waals surface area contributed by atoms with E-state index in [1.54, 1.807) is 0 Å². The molecular formula is C13H16N4OS. The monoisotopic (exact) mass is 276 g/mol. The van der Waals surface area contributed by atoms with Crippen molar-refractivity contribution in [3.05, 3.63) is 40.5 Å². The van der Waals surface area contributed by atoms with E-state index in [0.29, 0.717) is 6.54 Å². The second kappa shape index (κ2) is 6.84. The summed E-state index contributed by atoms with van der Waals surface area (Å²) >= 11 is 1.45. The van der Waals surface area contributed by atoms with Gasteiger partial charge in [0.05, 0.1) is 4.88 Å². The zero-order chi connectivity index (χ0) is 13.5. The van der Waals surface area contributed by atoms with Crippen molar-refractivity contribution >= 4 is 23.1 Å². The van der Waals surface area contributed by atoms with Gasteiger partial charge in [0.2, 0.25) is 0 Å². The largest absolute Gasteiger partial charge is 0.370 e. The Balaban J connectivity index is 1.64. The van der Waals surface area contributed by atoms with Crippen molar-refractivity contribution in [2.45, 2.75) is 13.3 Å². The van der Waals surface area contributed by atoms with Crippen molar-refractivity contribution in [3.8, 4) is 0 Å². The topological polar surface area (TPSA) is 66.9 Å². The van der Waals surface area contributed by atoms with Crippen LogP contribution in [0.4, 0.5) is 5.82 Å². The number of amides is 1. The lowest BCUT2D eigenvalue weighted by molar-refractivity contribution is 0.0957. The number of aromatic nitrogens is 2. The van der Waals surface area contributed by atoms with Crippen LogP contribution < -0.4 is 10.6 Å². The minimum atomic E-state index is -0.00659. The first-order valence-corrected chi connectivity index (χ1v) is 6.98. The van der Waals surface area contributed by atoms with Gasteiger partial charge < -0.3 is 10.6 Å². The number of nitrogens with zero attached hydrogens (tertiary/aromatic N) is 2. The lowest BCUT2D eigenvalue weighted by Gasteiger charge is -2.06. The fourth-order valence-corrected chi connectivity index (χ4v) is 2.19. The Morgan fingerprint density at radius 2 is 2.26 bits per heavy atom. The van der Waals surface area contributed by atoms with Gasteiger partial charge in [-0.05, 0) is 24.8 Å². The molecule has 0 aliphatic carbocycles. The predicted octanol–water partition coefficient (Wildman–Crippen LogP) is 2.08. The average molecular weight is 276 g/mol. The molecule has 0 spiro atoms. The lowest BCUT2D eigenvalue weighted by atomic mass is 10.3. The molecule has 0 unspecified atom stereocenters. The third kappa shape index (κ3) is 4.33. The highest BCUT2D eigenvalue weighted by molar-refractivity contribution is 7.12. The molecule has 19 heavy (non-hydrogen) atoms. The third-order valence-corrected chi connectivity index (χ3v) is 3.36. The molecule has 2 aromatic heterocycles. The number of hydrogen-bond donors (Lipinski definition) is 2. The molecule has 2 heterocycles. The molecule has 0 aromatic carbocycles.